The fourth-order valence-electron chi connectivity index (χ4n) is 9.15. The van der Waals surface area contributed by atoms with Gasteiger partial charge in [0.2, 0.25) is 17.5 Å². The summed E-state index contributed by atoms with van der Waals surface area (Å²) in [6, 6.07) is -0.550. The van der Waals surface area contributed by atoms with Crippen molar-refractivity contribution < 1.29 is 38.1 Å². The number of primary amides is 1. The van der Waals surface area contributed by atoms with Crippen molar-refractivity contribution in [1.29, 1.82) is 0 Å². The Hall–Kier alpha value is -2.50. The second-order valence-electron chi connectivity index (χ2n) is 14.5. The summed E-state index contributed by atoms with van der Waals surface area (Å²) in [7, 11) is 1.50. The maximum atomic E-state index is 14.5. The SMILES string of the molecule is CCCCCCCCCCCCCCCCCCCC1C(=O)C2=C(C(=O)C13OCCO3)[C@@H](COC(N)=O)[C@@]1(OC)[C@@H]3[C@H](CN21)N3C(C)=O. The number of fused-ring (bicyclic) bond motifs is 4. The molecule has 1 aliphatic carbocycles. The lowest BCUT2D eigenvalue weighted by Crippen LogP contribution is -2.56. The van der Waals surface area contributed by atoms with E-state index >= 15 is 0 Å². The van der Waals surface area contributed by atoms with Gasteiger partial charge in [-0.2, -0.15) is 0 Å². The van der Waals surface area contributed by atoms with Gasteiger partial charge in [-0.25, -0.2) is 4.79 Å². The predicted molar refractivity (Wildman–Crippen MR) is 180 cm³/mol. The second-order valence-corrected chi connectivity index (χ2v) is 14.5. The smallest absolute Gasteiger partial charge is 0.404 e. The Bertz CT molecular complexity index is 1200. The Morgan fingerprint density at radius 3 is 1.83 bits per heavy atom. The highest BCUT2D eigenvalue weighted by Gasteiger charge is 2.79. The van der Waals surface area contributed by atoms with Crippen molar-refractivity contribution in [1.82, 2.24) is 9.80 Å². The van der Waals surface area contributed by atoms with E-state index in [-0.39, 0.29) is 48.8 Å². The van der Waals surface area contributed by atoms with Crippen LogP contribution in [0.1, 0.15) is 129 Å². The standard InChI is InChI=1S/C37H59N3O8/c1-4-5-6-7-8-9-10-11-12-13-14-15-16-17-18-19-20-21-27-32(42)31-30(34(43)37(27)47-22-23-48-37)28(25-46-35(38)44)36(45-3)33-29(24-39(31)36)40(33)26(2)41/h27-29,33H,4-25H2,1-3H3,(H2,38,44)/t27?,28-,29+,33+,36-,40?/m1/s1. The third kappa shape index (κ3) is 7.06. The van der Waals surface area contributed by atoms with Crippen LogP contribution in [0.5, 0.6) is 0 Å². The van der Waals surface area contributed by atoms with Gasteiger partial charge in [0.1, 0.15) is 12.6 Å². The summed E-state index contributed by atoms with van der Waals surface area (Å²) >= 11 is 0. The quantitative estimate of drug-likeness (QED) is 0.119. The number of unbranched alkanes of at least 4 members (excludes halogenated alkanes) is 16. The van der Waals surface area contributed by atoms with E-state index in [1.165, 1.54) is 104 Å². The highest BCUT2D eigenvalue weighted by Crippen LogP contribution is 2.61. The van der Waals surface area contributed by atoms with Gasteiger partial charge < -0.3 is 34.5 Å². The number of nitrogens with zero attached hydrogens (tertiary/aromatic N) is 2. The van der Waals surface area contributed by atoms with Crippen molar-refractivity contribution in [2.75, 3.05) is 33.5 Å². The Balaban J connectivity index is 1.12. The van der Waals surface area contributed by atoms with E-state index < -0.39 is 41.3 Å². The molecule has 3 fully saturated rings. The summed E-state index contributed by atoms with van der Waals surface area (Å²) in [5.41, 5.74) is 4.59. The number of ether oxygens (including phenoxy) is 4. The molecule has 0 bridgehead atoms. The van der Waals surface area contributed by atoms with E-state index in [9.17, 15) is 19.2 Å². The maximum absolute atomic E-state index is 14.5. The molecular weight excluding hydrogens is 614 g/mol. The van der Waals surface area contributed by atoms with Crippen molar-refractivity contribution in [2.45, 2.75) is 153 Å². The molecule has 0 radical (unpaired) electrons. The first-order chi connectivity index (χ1) is 23.3. The number of rotatable bonds is 21. The van der Waals surface area contributed by atoms with Gasteiger partial charge in [-0.05, 0) is 6.42 Å². The van der Waals surface area contributed by atoms with Crippen LogP contribution in [0.15, 0.2) is 11.3 Å². The van der Waals surface area contributed by atoms with Gasteiger partial charge >= 0.3 is 6.09 Å². The van der Waals surface area contributed by atoms with Gasteiger partial charge in [0.25, 0.3) is 0 Å². The summed E-state index contributed by atoms with van der Waals surface area (Å²) in [5, 5.41) is 0. The number of Topliss-reactive ketones (excluding diaryl/α,β-unsaturated/α-hetero) is 2. The topological polar surface area (TPSA) is 137 Å². The normalized spacial score (nSPS) is 28.3. The first kappa shape index (κ1) is 36.8. The number of hydrogen-bond donors (Lipinski definition) is 1. The van der Waals surface area contributed by atoms with Gasteiger partial charge in [-0.1, -0.05) is 116 Å². The van der Waals surface area contributed by atoms with Crippen molar-refractivity contribution in [3.63, 3.8) is 0 Å². The van der Waals surface area contributed by atoms with Crippen LogP contribution < -0.4 is 5.73 Å². The fraction of sp³-hybridized carbons (Fsp3) is 0.838. The van der Waals surface area contributed by atoms with Crippen LogP contribution in [-0.4, -0.2) is 90.4 Å². The zero-order chi connectivity index (χ0) is 34.3. The number of ketones is 2. The molecule has 2 N–H and O–H groups in total. The molecule has 5 atom stereocenters. The second kappa shape index (κ2) is 16.5. The summed E-state index contributed by atoms with van der Waals surface area (Å²) in [6.45, 7) is 4.25. The lowest BCUT2D eigenvalue weighted by Gasteiger charge is -2.41. The third-order valence-corrected chi connectivity index (χ3v) is 11.5. The van der Waals surface area contributed by atoms with Crippen LogP contribution in [0.25, 0.3) is 0 Å². The van der Waals surface area contributed by atoms with Crippen molar-refractivity contribution >= 4 is 23.6 Å². The van der Waals surface area contributed by atoms with Crippen molar-refractivity contribution in [3.05, 3.63) is 11.3 Å². The molecule has 48 heavy (non-hydrogen) atoms. The maximum Gasteiger partial charge on any atom is 0.404 e. The molecule has 1 unspecified atom stereocenters. The molecule has 5 aliphatic rings. The van der Waals surface area contributed by atoms with E-state index in [4.69, 9.17) is 24.7 Å². The van der Waals surface area contributed by atoms with Crippen molar-refractivity contribution in [3.8, 4) is 0 Å². The molecule has 1 spiro atoms. The molecule has 11 heteroatoms. The average Bonchev–Trinajstić information content (AvgIpc) is 3.33. The van der Waals surface area contributed by atoms with Gasteiger partial charge in [-0.3, -0.25) is 14.4 Å². The molecular formula is C37H59N3O8. The lowest BCUT2D eigenvalue weighted by atomic mass is 9.73. The molecule has 0 saturated carbocycles. The average molecular weight is 674 g/mol. The molecule has 5 rings (SSSR count). The zero-order valence-electron chi connectivity index (χ0n) is 29.6. The minimum atomic E-state index is -1.70. The molecule has 4 heterocycles. The highest BCUT2D eigenvalue weighted by molar-refractivity contribution is 6.17. The number of nitrogens with two attached hydrogens (primary N) is 1. The minimum absolute atomic E-state index is 0.117. The number of allylic oxidation sites excluding steroid dienone is 1. The van der Waals surface area contributed by atoms with Gasteiger partial charge in [0, 0.05) is 26.2 Å². The molecule has 2 amide bonds. The van der Waals surface area contributed by atoms with E-state index in [0.717, 1.165) is 19.3 Å². The first-order valence-electron chi connectivity index (χ1n) is 18.9. The monoisotopic (exact) mass is 673 g/mol. The Morgan fingerprint density at radius 2 is 1.35 bits per heavy atom. The molecule has 3 saturated heterocycles. The van der Waals surface area contributed by atoms with Gasteiger partial charge in [0.05, 0.1) is 36.8 Å². The number of piperazine rings is 1. The minimum Gasteiger partial charge on any atom is -0.449 e. The van der Waals surface area contributed by atoms with Crippen LogP contribution in [0, 0.1) is 11.8 Å². The summed E-state index contributed by atoms with van der Waals surface area (Å²) in [4.78, 5) is 56.6. The van der Waals surface area contributed by atoms with Crippen LogP contribution in [0.4, 0.5) is 4.79 Å². The van der Waals surface area contributed by atoms with Crippen LogP contribution >= 0.6 is 0 Å². The molecule has 11 nitrogen and oxygen atoms in total. The number of methoxy groups -OCH3 is 1. The number of carbonyl (C=O) groups excluding carboxylic acids is 4. The molecule has 270 valence electrons. The van der Waals surface area contributed by atoms with Crippen molar-refractivity contribution in [2.24, 2.45) is 17.6 Å². The van der Waals surface area contributed by atoms with E-state index in [1.807, 2.05) is 4.90 Å². The van der Waals surface area contributed by atoms with Gasteiger partial charge in [-0.15, -0.1) is 0 Å². The molecule has 0 aromatic carbocycles. The highest BCUT2D eigenvalue weighted by atomic mass is 16.7. The largest absolute Gasteiger partial charge is 0.449 e. The fourth-order valence-corrected chi connectivity index (χ4v) is 9.15. The summed E-state index contributed by atoms with van der Waals surface area (Å²) < 4.78 is 23.5. The molecule has 0 aromatic rings. The number of carbonyl (C=O) groups is 4. The molecule has 4 aliphatic heterocycles. The van der Waals surface area contributed by atoms with Crippen LogP contribution in [0.2, 0.25) is 0 Å². The van der Waals surface area contributed by atoms with E-state index in [1.54, 1.807) is 4.90 Å². The lowest BCUT2D eigenvalue weighted by molar-refractivity contribution is -0.201. The Morgan fingerprint density at radius 1 is 0.833 bits per heavy atom. The number of hydrogen-bond acceptors (Lipinski definition) is 9. The predicted octanol–water partition coefficient (Wildman–Crippen LogP) is 5.78. The Kier molecular flexibility index (Phi) is 12.6. The first-order valence-corrected chi connectivity index (χ1v) is 18.9. The van der Waals surface area contributed by atoms with E-state index in [2.05, 4.69) is 6.92 Å². The van der Waals surface area contributed by atoms with Crippen LogP contribution in [0.3, 0.4) is 0 Å². The van der Waals surface area contributed by atoms with E-state index in [0.29, 0.717) is 13.0 Å². The molecule has 0 aromatic heterocycles. The Labute approximate surface area is 286 Å². The zero-order valence-corrected chi connectivity index (χ0v) is 29.6. The summed E-state index contributed by atoms with van der Waals surface area (Å²) in [6.07, 6.45) is 21.0. The number of amides is 2. The summed E-state index contributed by atoms with van der Waals surface area (Å²) in [5.74, 6) is -4.06. The third-order valence-electron chi connectivity index (χ3n) is 11.5. The van der Waals surface area contributed by atoms with Crippen LogP contribution in [-0.2, 0) is 33.3 Å². The van der Waals surface area contributed by atoms with Gasteiger partial charge in [0.15, 0.2) is 11.5 Å².